The smallest absolute Gasteiger partial charge is 0.0345 e. The normalized spacial score (nSPS) is 9.23. The van der Waals surface area contributed by atoms with Crippen molar-refractivity contribution in [3.8, 4) is 11.8 Å². The molecule has 0 fully saturated rings. The van der Waals surface area contributed by atoms with Gasteiger partial charge in [-0.15, -0.1) is 5.92 Å². The fraction of sp³-hybridized carbons (Fsp3) is 0.308. The van der Waals surface area contributed by atoms with Gasteiger partial charge in [-0.2, -0.15) is 0 Å². The molecule has 0 aromatic heterocycles. The van der Waals surface area contributed by atoms with Crippen molar-refractivity contribution in [1.82, 2.24) is 0 Å². The molecule has 1 aromatic rings. The molecule has 13 heavy (non-hydrogen) atoms. The molecule has 1 aromatic carbocycles. The summed E-state index contributed by atoms with van der Waals surface area (Å²) in [6.45, 7) is 9.94. The van der Waals surface area contributed by atoms with Gasteiger partial charge in [0.15, 0.2) is 0 Å². The van der Waals surface area contributed by atoms with Crippen molar-refractivity contribution < 1.29 is 0 Å². The summed E-state index contributed by atoms with van der Waals surface area (Å²) in [5, 5.41) is 0. The van der Waals surface area contributed by atoms with E-state index in [1.165, 1.54) is 22.3 Å². The van der Waals surface area contributed by atoms with Crippen LogP contribution in [0.3, 0.4) is 0 Å². The van der Waals surface area contributed by atoms with Crippen LogP contribution in [0.1, 0.15) is 22.3 Å². The minimum Gasteiger partial charge on any atom is -0.102 e. The van der Waals surface area contributed by atoms with E-state index in [9.17, 15) is 0 Å². The highest BCUT2D eigenvalue weighted by molar-refractivity contribution is 5.41. The minimum absolute atomic E-state index is 0.822. The van der Waals surface area contributed by atoms with Crippen LogP contribution in [0.5, 0.6) is 0 Å². The van der Waals surface area contributed by atoms with Gasteiger partial charge < -0.3 is 0 Å². The molecule has 0 spiro atoms. The SMILES string of the molecule is [CH2]C#CCc1c(C)ccc(C)c1C. The van der Waals surface area contributed by atoms with Crippen molar-refractivity contribution in [2.75, 3.05) is 0 Å². The van der Waals surface area contributed by atoms with Gasteiger partial charge in [0, 0.05) is 13.3 Å². The van der Waals surface area contributed by atoms with Crippen LogP contribution in [0.15, 0.2) is 12.1 Å². The zero-order valence-electron chi connectivity index (χ0n) is 8.57. The molecule has 0 aliphatic carbocycles. The van der Waals surface area contributed by atoms with Gasteiger partial charge >= 0.3 is 0 Å². The van der Waals surface area contributed by atoms with Crippen molar-refractivity contribution in [2.45, 2.75) is 27.2 Å². The molecule has 0 unspecified atom stereocenters. The molecule has 0 saturated heterocycles. The average molecular weight is 171 g/mol. The van der Waals surface area contributed by atoms with E-state index >= 15 is 0 Å². The number of rotatable bonds is 1. The lowest BCUT2D eigenvalue weighted by Crippen LogP contribution is -1.94. The first-order valence-electron chi connectivity index (χ1n) is 4.47. The van der Waals surface area contributed by atoms with Gasteiger partial charge in [-0.05, 0) is 43.0 Å². The first kappa shape index (κ1) is 9.86. The second-order valence-corrected chi connectivity index (χ2v) is 3.33. The number of aryl methyl sites for hydroxylation is 2. The summed E-state index contributed by atoms with van der Waals surface area (Å²) in [6, 6.07) is 4.31. The first-order valence-corrected chi connectivity index (χ1v) is 4.47. The summed E-state index contributed by atoms with van der Waals surface area (Å²) < 4.78 is 0. The molecule has 0 aliphatic rings. The lowest BCUT2D eigenvalue weighted by atomic mass is 9.96. The second kappa shape index (κ2) is 4.14. The Hall–Kier alpha value is -1.22. The van der Waals surface area contributed by atoms with E-state index in [2.05, 4.69) is 51.7 Å². The summed E-state index contributed by atoms with van der Waals surface area (Å²) in [6.07, 6.45) is 0.822. The lowest BCUT2D eigenvalue weighted by molar-refractivity contribution is 1.16. The van der Waals surface area contributed by atoms with Gasteiger partial charge in [-0.25, -0.2) is 0 Å². The Morgan fingerprint density at radius 2 is 1.77 bits per heavy atom. The maximum atomic E-state index is 3.52. The van der Waals surface area contributed by atoms with Crippen LogP contribution < -0.4 is 0 Å². The molecule has 1 radical (unpaired) electrons. The predicted molar refractivity (Wildman–Crippen MR) is 57.5 cm³/mol. The third-order valence-electron chi connectivity index (χ3n) is 2.49. The van der Waals surface area contributed by atoms with Crippen molar-refractivity contribution >= 4 is 0 Å². The molecule has 67 valence electrons. The molecule has 0 aliphatic heterocycles. The van der Waals surface area contributed by atoms with Crippen LogP contribution in [0.4, 0.5) is 0 Å². The van der Waals surface area contributed by atoms with Crippen LogP contribution >= 0.6 is 0 Å². The van der Waals surface area contributed by atoms with E-state index in [0.717, 1.165) is 6.42 Å². The number of benzene rings is 1. The van der Waals surface area contributed by atoms with Gasteiger partial charge in [-0.1, -0.05) is 18.1 Å². The van der Waals surface area contributed by atoms with E-state index in [1.54, 1.807) is 0 Å². The molecular weight excluding hydrogens is 156 g/mol. The van der Waals surface area contributed by atoms with E-state index < -0.39 is 0 Å². The summed E-state index contributed by atoms with van der Waals surface area (Å²) in [7, 11) is 0. The molecule has 0 bridgehead atoms. The van der Waals surface area contributed by atoms with Gasteiger partial charge in [0.05, 0.1) is 0 Å². The average Bonchev–Trinajstić information content (AvgIpc) is 2.12. The Balaban J connectivity index is 3.14. The van der Waals surface area contributed by atoms with Crippen LogP contribution in [0, 0.1) is 39.5 Å². The second-order valence-electron chi connectivity index (χ2n) is 3.33. The minimum atomic E-state index is 0.822. The Morgan fingerprint density at radius 1 is 1.15 bits per heavy atom. The van der Waals surface area contributed by atoms with Crippen LogP contribution in [0.25, 0.3) is 0 Å². The lowest BCUT2D eigenvalue weighted by Gasteiger charge is -2.09. The van der Waals surface area contributed by atoms with E-state index in [1.807, 2.05) is 0 Å². The van der Waals surface area contributed by atoms with Crippen molar-refractivity contribution in [3.63, 3.8) is 0 Å². The number of hydrogen-bond donors (Lipinski definition) is 0. The molecule has 1 rings (SSSR count). The highest BCUT2D eigenvalue weighted by Gasteiger charge is 2.02. The van der Waals surface area contributed by atoms with Crippen molar-refractivity contribution in [2.24, 2.45) is 0 Å². The maximum absolute atomic E-state index is 3.52. The molecule has 0 amide bonds. The summed E-state index contributed by atoms with van der Waals surface area (Å²) >= 11 is 0. The Morgan fingerprint density at radius 3 is 2.38 bits per heavy atom. The topological polar surface area (TPSA) is 0 Å². The molecule has 0 saturated carbocycles. The van der Waals surface area contributed by atoms with Gasteiger partial charge in [-0.3, -0.25) is 0 Å². The van der Waals surface area contributed by atoms with E-state index in [0.29, 0.717) is 0 Å². The largest absolute Gasteiger partial charge is 0.102 e. The highest BCUT2D eigenvalue weighted by Crippen LogP contribution is 2.17. The van der Waals surface area contributed by atoms with Crippen molar-refractivity contribution in [1.29, 1.82) is 0 Å². The van der Waals surface area contributed by atoms with Crippen LogP contribution in [0.2, 0.25) is 0 Å². The third kappa shape index (κ3) is 2.12. The quantitative estimate of drug-likeness (QED) is 0.570. The highest BCUT2D eigenvalue weighted by atomic mass is 14.1. The fourth-order valence-electron chi connectivity index (χ4n) is 1.43. The molecule has 0 N–H and O–H groups in total. The predicted octanol–water partition coefficient (Wildman–Crippen LogP) is 2.99. The molecule has 0 nitrogen and oxygen atoms in total. The molecule has 0 heteroatoms. The van der Waals surface area contributed by atoms with Gasteiger partial charge in [0.2, 0.25) is 0 Å². The zero-order chi connectivity index (χ0) is 9.84. The first-order chi connectivity index (χ1) is 6.16. The fourth-order valence-corrected chi connectivity index (χ4v) is 1.43. The zero-order valence-corrected chi connectivity index (χ0v) is 8.57. The molecular formula is C13H15. The Kier molecular flexibility index (Phi) is 3.14. The monoisotopic (exact) mass is 171 g/mol. The summed E-state index contributed by atoms with van der Waals surface area (Å²) in [5.74, 6) is 5.70. The Labute approximate surface area is 81.0 Å². The third-order valence-corrected chi connectivity index (χ3v) is 2.49. The van der Waals surface area contributed by atoms with Crippen LogP contribution in [-0.4, -0.2) is 0 Å². The maximum Gasteiger partial charge on any atom is 0.0345 e. The van der Waals surface area contributed by atoms with E-state index in [4.69, 9.17) is 0 Å². The standard InChI is InChI=1S/C13H15/c1-5-6-7-13-11(3)9-8-10(2)12(13)4/h8-9H,1,7H2,2-4H3. The molecule has 0 atom stereocenters. The van der Waals surface area contributed by atoms with Crippen LogP contribution in [-0.2, 0) is 6.42 Å². The molecule has 0 heterocycles. The van der Waals surface area contributed by atoms with Gasteiger partial charge in [0.1, 0.15) is 0 Å². The summed E-state index contributed by atoms with van der Waals surface area (Å²) in [4.78, 5) is 0. The Bertz CT molecular complexity index is 362. The summed E-state index contributed by atoms with van der Waals surface area (Å²) in [5.41, 5.74) is 5.39. The van der Waals surface area contributed by atoms with E-state index in [-0.39, 0.29) is 0 Å². The van der Waals surface area contributed by atoms with Crippen molar-refractivity contribution in [3.05, 3.63) is 41.3 Å². The number of hydrogen-bond acceptors (Lipinski definition) is 0. The van der Waals surface area contributed by atoms with Gasteiger partial charge in [0.25, 0.3) is 0 Å².